The number of aliphatic carboxylic acids is 1. The van der Waals surface area contributed by atoms with E-state index < -0.39 is 41.1 Å². The Morgan fingerprint density at radius 3 is 2.26 bits per heavy atom. The van der Waals surface area contributed by atoms with Crippen molar-refractivity contribution in [1.82, 2.24) is 0 Å². The molecule has 0 radical (unpaired) electrons. The van der Waals surface area contributed by atoms with E-state index in [9.17, 15) is 31.1 Å². The molecule has 10 heteroatoms. The van der Waals surface area contributed by atoms with Gasteiger partial charge in [0.15, 0.2) is 0 Å². The highest BCUT2D eigenvalue weighted by atomic mass is 19.4. The molecule has 4 nitrogen and oxygen atoms in total. The first-order valence-electron chi connectivity index (χ1n) is 12.3. The Bertz CT molecular complexity index is 1280. The second-order valence-corrected chi connectivity index (χ2v) is 9.00. The molecule has 0 heterocycles. The maximum absolute atomic E-state index is 13.6. The van der Waals surface area contributed by atoms with Crippen LogP contribution in [-0.4, -0.2) is 23.8 Å². The molecule has 0 fully saturated rings. The molecule has 0 amide bonds. The number of aryl methyl sites for hydroxylation is 2. The van der Waals surface area contributed by atoms with Gasteiger partial charge < -0.3 is 14.6 Å². The quantitative estimate of drug-likeness (QED) is 0.243. The zero-order valence-corrected chi connectivity index (χ0v) is 21.3. The highest BCUT2D eigenvalue weighted by molar-refractivity contribution is 5.75. The molecule has 39 heavy (non-hydrogen) atoms. The van der Waals surface area contributed by atoms with Gasteiger partial charge in [-0.1, -0.05) is 31.2 Å². The Morgan fingerprint density at radius 2 is 1.62 bits per heavy atom. The molecule has 0 aromatic heterocycles. The smallest absolute Gasteiger partial charge is 0.417 e. The summed E-state index contributed by atoms with van der Waals surface area (Å²) in [5, 5.41) is 8.91. The molecule has 3 aromatic rings. The number of carbonyl (C=O) groups is 1. The Morgan fingerprint density at radius 1 is 0.897 bits per heavy atom. The van der Waals surface area contributed by atoms with Gasteiger partial charge in [0.2, 0.25) is 0 Å². The van der Waals surface area contributed by atoms with E-state index >= 15 is 0 Å². The van der Waals surface area contributed by atoms with E-state index in [1.54, 1.807) is 13.0 Å². The summed E-state index contributed by atoms with van der Waals surface area (Å²) in [5.74, 6) is -0.430. The van der Waals surface area contributed by atoms with Crippen molar-refractivity contribution in [3.63, 3.8) is 0 Å². The summed E-state index contributed by atoms with van der Waals surface area (Å²) < 4.78 is 92.7. The van der Waals surface area contributed by atoms with Gasteiger partial charge >= 0.3 is 18.3 Å². The number of halogens is 6. The minimum Gasteiger partial charge on any atom is -0.493 e. The first kappa shape index (κ1) is 29.9. The molecule has 0 aliphatic rings. The minimum atomic E-state index is -4.78. The van der Waals surface area contributed by atoms with Gasteiger partial charge in [-0.25, -0.2) is 0 Å². The van der Waals surface area contributed by atoms with Crippen molar-refractivity contribution in [2.24, 2.45) is 0 Å². The van der Waals surface area contributed by atoms with E-state index in [-0.39, 0.29) is 24.3 Å². The summed E-state index contributed by atoms with van der Waals surface area (Å²) in [5.41, 5.74) is -1.01. The lowest BCUT2D eigenvalue weighted by molar-refractivity contribution is -0.138. The Labute approximate surface area is 222 Å². The van der Waals surface area contributed by atoms with Crippen LogP contribution < -0.4 is 9.47 Å². The third-order valence-corrected chi connectivity index (χ3v) is 6.12. The summed E-state index contributed by atoms with van der Waals surface area (Å²) in [6, 6.07) is 12.3. The molecule has 3 rings (SSSR count). The molecule has 1 N–H and O–H groups in total. The first-order chi connectivity index (χ1) is 18.3. The normalized spacial score (nSPS) is 12.7. The summed E-state index contributed by atoms with van der Waals surface area (Å²) in [6.45, 7) is 3.76. The number of carboxylic acid groups (broad SMARTS) is 1. The molecule has 3 aromatic carbocycles. The average Bonchev–Trinajstić information content (AvgIpc) is 2.86. The SMILES string of the molecule is CCc1cc(OCC[C@@H](C)Oc2ccc(C(F)(F)F)cc2-c2ccccc2C(F)(F)F)ccc1CCC(=O)O. The second-order valence-electron chi connectivity index (χ2n) is 9.00. The van der Waals surface area contributed by atoms with Crippen molar-refractivity contribution in [2.45, 2.75) is 58.0 Å². The van der Waals surface area contributed by atoms with E-state index in [4.69, 9.17) is 14.6 Å². The van der Waals surface area contributed by atoms with E-state index in [0.717, 1.165) is 35.4 Å². The summed E-state index contributed by atoms with van der Waals surface area (Å²) in [4.78, 5) is 10.9. The lowest BCUT2D eigenvalue weighted by Crippen LogP contribution is -2.17. The fraction of sp³-hybridized carbons (Fsp3) is 0.345. The molecule has 0 saturated heterocycles. The van der Waals surface area contributed by atoms with Crippen molar-refractivity contribution in [1.29, 1.82) is 0 Å². The third-order valence-electron chi connectivity index (χ3n) is 6.12. The Hall–Kier alpha value is -3.69. The van der Waals surface area contributed by atoms with Crippen LogP contribution in [-0.2, 0) is 30.0 Å². The molecule has 0 aliphatic carbocycles. The molecular weight excluding hydrogens is 526 g/mol. The summed E-state index contributed by atoms with van der Waals surface area (Å²) in [6.07, 6.45) is -8.73. The highest BCUT2D eigenvalue weighted by Crippen LogP contribution is 2.43. The molecule has 0 saturated carbocycles. The number of hydrogen-bond acceptors (Lipinski definition) is 3. The maximum Gasteiger partial charge on any atom is 0.417 e. The fourth-order valence-electron chi connectivity index (χ4n) is 4.11. The van der Waals surface area contributed by atoms with Gasteiger partial charge in [0, 0.05) is 18.4 Å². The monoisotopic (exact) mass is 554 g/mol. The molecule has 1 atom stereocenters. The van der Waals surface area contributed by atoms with E-state index in [2.05, 4.69) is 0 Å². The Kier molecular flexibility index (Phi) is 9.53. The van der Waals surface area contributed by atoms with Crippen LogP contribution in [0.3, 0.4) is 0 Å². The van der Waals surface area contributed by atoms with E-state index in [1.807, 2.05) is 19.1 Å². The van der Waals surface area contributed by atoms with Crippen LogP contribution in [0.5, 0.6) is 11.5 Å². The first-order valence-corrected chi connectivity index (χ1v) is 12.3. The maximum atomic E-state index is 13.6. The van der Waals surface area contributed by atoms with Crippen molar-refractivity contribution in [2.75, 3.05) is 6.61 Å². The summed E-state index contributed by atoms with van der Waals surface area (Å²) in [7, 11) is 0. The molecule has 0 aliphatic heterocycles. The third kappa shape index (κ3) is 8.15. The predicted octanol–water partition coefficient (Wildman–Crippen LogP) is 8.21. The fourth-order valence-corrected chi connectivity index (χ4v) is 4.11. The van der Waals surface area contributed by atoms with Crippen molar-refractivity contribution in [3.05, 3.63) is 82.9 Å². The number of hydrogen-bond donors (Lipinski definition) is 1. The average molecular weight is 555 g/mol. The number of alkyl halides is 6. The number of benzene rings is 3. The van der Waals surface area contributed by atoms with E-state index in [1.165, 1.54) is 12.1 Å². The number of carboxylic acids is 1. The number of ether oxygens (including phenoxy) is 2. The van der Waals surface area contributed by atoms with Gasteiger partial charge in [-0.05, 0) is 72.9 Å². The Balaban J connectivity index is 1.76. The van der Waals surface area contributed by atoms with Crippen LogP contribution in [0.15, 0.2) is 60.7 Å². The van der Waals surface area contributed by atoms with Gasteiger partial charge in [0.1, 0.15) is 11.5 Å². The topological polar surface area (TPSA) is 55.8 Å². The van der Waals surface area contributed by atoms with Crippen LogP contribution in [0.4, 0.5) is 26.3 Å². The van der Waals surface area contributed by atoms with Crippen LogP contribution >= 0.6 is 0 Å². The van der Waals surface area contributed by atoms with Crippen LogP contribution in [0.2, 0.25) is 0 Å². The summed E-state index contributed by atoms with van der Waals surface area (Å²) >= 11 is 0. The van der Waals surface area contributed by atoms with E-state index in [0.29, 0.717) is 31.1 Å². The van der Waals surface area contributed by atoms with Crippen LogP contribution in [0.1, 0.15) is 48.9 Å². The van der Waals surface area contributed by atoms with Gasteiger partial charge in [-0.3, -0.25) is 4.79 Å². The van der Waals surface area contributed by atoms with Gasteiger partial charge in [0.25, 0.3) is 0 Å². The lowest BCUT2D eigenvalue weighted by Gasteiger charge is -2.21. The second kappa shape index (κ2) is 12.4. The molecule has 0 bridgehead atoms. The minimum absolute atomic E-state index is 0.0153. The molecule has 0 unspecified atom stereocenters. The largest absolute Gasteiger partial charge is 0.493 e. The van der Waals surface area contributed by atoms with Crippen LogP contribution in [0, 0.1) is 0 Å². The van der Waals surface area contributed by atoms with Crippen LogP contribution in [0.25, 0.3) is 11.1 Å². The highest BCUT2D eigenvalue weighted by Gasteiger charge is 2.36. The standard InChI is InChI=1S/C29H28F6O4/c1-3-19-16-22(11-8-20(19)9-13-27(36)37)38-15-14-18(2)39-26-12-10-21(28(30,31)32)17-24(26)23-6-4-5-7-25(23)29(33,34)35/h4-8,10-12,16-18H,3,9,13-15H2,1-2H3,(H,36,37)/t18-/m1/s1. The zero-order chi connectivity index (χ0) is 28.8. The zero-order valence-electron chi connectivity index (χ0n) is 21.3. The van der Waals surface area contributed by atoms with Gasteiger partial charge in [-0.2, -0.15) is 26.3 Å². The number of rotatable bonds is 11. The molecule has 210 valence electrons. The molecule has 0 spiro atoms. The van der Waals surface area contributed by atoms with Gasteiger partial charge in [0.05, 0.1) is 23.8 Å². The van der Waals surface area contributed by atoms with Crippen molar-refractivity contribution >= 4 is 5.97 Å². The predicted molar refractivity (Wildman–Crippen MR) is 134 cm³/mol. The van der Waals surface area contributed by atoms with Gasteiger partial charge in [-0.15, -0.1) is 0 Å². The lowest BCUT2D eigenvalue weighted by atomic mass is 9.96. The molecular formula is C29H28F6O4. The van der Waals surface area contributed by atoms with Crippen molar-refractivity contribution < 1.29 is 45.7 Å². The van der Waals surface area contributed by atoms with Crippen molar-refractivity contribution in [3.8, 4) is 22.6 Å².